The number of nitrogens with zero attached hydrogens (tertiary/aromatic N) is 2. The summed E-state index contributed by atoms with van der Waals surface area (Å²) in [7, 11) is 0. The number of rotatable bonds is 0. The van der Waals surface area contributed by atoms with E-state index in [-0.39, 0.29) is 0 Å². The average Bonchev–Trinajstić information content (AvgIpc) is 2.57. The molecule has 3 rings (SSSR count). The number of halogens is 1. The molecule has 80 valence electrons. The van der Waals surface area contributed by atoms with Crippen molar-refractivity contribution in [2.45, 2.75) is 13.8 Å². The normalized spacial score (nSPS) is 11.4. The molecule has 0 saturated heterocycles. The zero-order valence-electron chi connectivity index (χ0n) is 9.16. The Bertz CT molecular complexity index is 698. The van der Waals surface area contributed by atoms with Crippen molar-refractivity contribution in [3.8, 4) is 0 Å². The highest BCUT2D eigenvalue weighted by Crippen LogP contribution is 2.26. The minimum atomic E-state index is 0.920. The molecule has 0 bridgehead atoms. The summed E-state index contributed by atoms with van der Waals surface area (Å²) in [5.41, 5.74) is 3.44. The van der Waals surface area contributed by atoms with E-state index in [4.69, 9.17) is 0 Å². The van der Waals surface area contributed by atoms with Crippen LogP contribution in [0.5, 0.6) is 0 Å². The van der Waals surface area contributed by atoms with Crippen LogP contribution in [0, 0.1) is 13.8 Å². The van der Waals surface area contributed by atoms with Crippen molar-refractivity contribution in [1.29, 1.82) is 0 Å². The predicted molar refractivity (Wildman–Crippen MR) is 69.9 cm³/mol. The van der Waals surface area contributed by atoms with Gasteiger partial charge in [-0.3, -0.25) is 0 Å². The van der Waals surface area contributed by atoms with Gasteiger partial charge in [-0.25, -0.2) is 4.98 Å². The number of benzene rings is 1. The van der Waals surface area contributed by atoms with Crippen molar-refractivity contribution in [2.24, 2.45) is 0 Å². The van der Waals surface area contributed by atoms with Gasteiger partial charge in [-0.2, -0.15) is 0 Å². The number of pyridine rings is 1. The molecule has 3 heteroatoms. The fourth-order valence-electron chi connectivity index (χ4n) is 2.12. The Balaban J connectivity index is 2.64. The Kier molecular flexibility index (Phi) is 2.04. The van der Waals surface area contributed by atoms with Crippen molar-refractivity contribution in [1.82, 2.24) is 9.38 Å². The van der Waals surface area contributed by atoms with E-state index < -0.39 is 0 Å². The first-order valence-electron chi connectivity index (χ1n) is 5.21. The second-order valence-corrected chi connectivity index (χ2v) is 4.79. The van der Waals surface area contributed by atoms with Crippen molar-refractivity contribution >= 4 is 32.3 Å². The van der Waals surface area contributed by atoms with Gasteiger partial charge in [0.25, 0.3) is 0 Å². The third-order valence-electron chi connectivity index (χ3n) is 3.01. The van der Waals surface area contributed by atoms with E-state index in [0.717, 1.165) is 15.9 Å². The van der Waals surface area contributed by atoms with Crippen LogP contribution in [0.4, 0.5) is 0 Å². The van der Waals surface area contributed by atoms with Crippen LogP contribution in [0.2, 0.25) is 0 Å². The van der Waals surface area contributed by atoms with Crippen LogP contribution < -0.4 is 0 Å². The maximum atomic E-state index is 4.56. The van der Waals surface area contributed by atoms with Gasteiger partial charge in [0, 0.05) is 11.6 Å². The zero-order valence-corrected chi connectivity index (χ0v) is 10.7. The molecule has 0 radical (unpaired) electrons. The topological polar surface area (TPSA) is 17.3 Å². The van der Waals surface area contributed by atoms with Gasteiger partial charge in [0.05, 0.1) is 5.69 Å². The van der Waals surface area contributed by atoms with Crippen LogP contribution in [0.15, 0.2) is 35.1 Å². The molecule has 0 aliphatic rings. The first kappa shape index (κ1) is 9.85. The van der Waals surface area contributed by atoms with E-state index in [9.17, 15) is 0 Å². The quantitative estimate of drug-likeness (QED) is 0.608. The molecule has 0 saturated carbocycles. The highest BCUT2D eigenvalue weighted by molar-refractivity contribution is 9.10. The van der Waals surface area contributed by atoms with Crippen molar-refractivity contribution in [2.75, 3.05) is 0 Å². The summed E-state index contributed by atoms with van der Waals surface area (Å²) < 4.78 is 3.06. The highest BCUT2D eigenvalue weighted by Gasteiger charge is 2.09. The van der Waals surface area contributed by atoms with Crippen LogP contribution >= 0.6 is 15.9 Å². The minimum Gasteiger partial charge on any atom is -0.302 e. The van der Waals surface area contributed by atoms with Gasteiger partial charge in [0.15, 0.2) is 0 Å². The second kappa shape index (κ2) is 3.32. The number of imidazole rings is 1. The SMILES string of the molecule is Cc1cn2c(C)c(Br)nc2c2ccccc12. The van der Waals surface area contributed by atoms with E-state index in [0.29, 0.717) is 0 Å². The lowest BCUT2D eigenvalue weighted by Gasteiger charge is -2.05. The van der Waals surface area contributed by atoms with Crippen LogP contribution in [-0.4, -0.2) is 9.38 Å². The number of aryl methyl sites for hydroxylation is 2. The smallest absolute Gasteiger partial charge is 0.146 e. The van der Waals surface area contributed by atoms with E-state index in [2.05, 4.69) is 69.6 Å². The fourth-order valence-corrected chi connectivity index (χ4v) is 2.48. The van der Waals surface area contributed by atoms with Gasteiger partial charge in [0.2, 0.25) is 0 Å². The standard InChI is InChI=1S/C13H11BrN2/c1-8-7-16-9(2)12(14)15-13(16)11-6-4-3-5-10(8)11/h3-7H,1-2H3. The van der Waals surface area contributed by atoms with Crippen LogP contribution in [0.25, 0.3) is 16.4 Å². The lowest BCUT2D eigenvalue weighted by Crippen LogP contribution is -1.91. The second-order valence-electron chi connectivity index (χ2n) is 4.04. The lowest BCUT2D eigenvalue weighted by molar-refractivity contribution is 1.10. The molecular weight excluding hydrogens is 264 g/mol. The average molecular weight is 275 g/mol. The lowest BCUT2D eigenvalue weighted by atomic mass is 10.1. The number of hydrogen-bond acceptors (Lipinski definition) is 1. The maximum Gasteiger partial charge on any atom is 0.146 e. The number of aromatic nitrogens is 2. The summed E-state index contributed by atoms with van der Waals surface area (Å²) in [4.78, 5) is 4.56. The van der Waals surface area contributed by atoms with Crippen LogP contribution in [0.3, 0.4) is 0 Å². The van der Waals surface area contributed by atoms with E-state index in [1.54, 1.807) is 0 Å². The Morgan fingerprint density at radius 1 is 1.12 bits per heavy atom. The van der Waals surface area contributed by atoms with E-state index >= 15 is 0 Å². The fraction of sp³-hybridized carbons (Fsp3) is 0.154. The summed E-state index contributed by atoms with van der Waals surface area (Å²) in [5, 5.41) is 2.48. The largest absolute Gasteiger partial charge is 0.302 e. The summed E-state index contributed by atoms with van der Waals surface area (Å²) in [6.45, 7) is 4.20. The molecule has 0 atom stereocenters. The van der Waals surface area contributed by atoms with Gasteiger partial charge >= 0.3 is 0 Å². The Morgan fingerprint density at radius 2 is 1.81 bits per heavy atom. The summed E-state index contributed by atoms with van der Waals surface area (Å²) in [6, 6.07) is 8.38. The van der Waals surface area contributed by atoms with E-state index in [1.807, 2.05) is 0 Å². The summed E-state index contributed by atoms with van der Waals surface area (Å²) >= 11 is 3.49. The molecule has 0 unspecified atom stereocenters. The molecule has 1 aromatic carbocycles. The zero-order chi connectivity index (χ0) is 11.3. The van der Waals surface area contributed by atoms with Crippen LogP contribution in [0.1, 0.15) is 11.3 Å². The van der Waals surface area contributed by atoms with Gasteiger partial charge in [-0.15, -0.1) is 0 Å². The highest BCUT2D eigenvalue weighted by atomic mass is 79.9. The summed E-state index contributed by atoms with van der Waals surface area (Å²) in [6.07, 6.45) is 2.14. The molecule has 0 N–H and O–H groups in total. The Hall–Kier alpha value is -1.35. The molecule has 0 spiro atoms. The van der Waals surface area contributed by atoms with Gasteiger partial charge < -0.3 is 4.40 Å². The predicted octanol–water partition coefficient (Wildman–Crippen LogP) is 3.87. The minimum absolute atomic E-state index is 0.920. The molecule has 16 heavy (non-hydrogen) atoms. The van der Waals surface area contributed by atoms with Crippen LogP contribution in [-0.2, 0) is 0 Å². The van der Waals surface area contributed by atoms with Crippen molar-refractivity contribution < 1.29 is 0 Å². The van der Waals surface area contributed by atoms with Gasteiger partial charge in [-0.1, -0.05) is 24.3 Å². The molecular formula is C13H11BrN2. The number of fused-ring (bicyclic) bond motifs is 3. The third-order valence-corrected chi connectivity index (χ3v) is 3.76. The van der Waals surface area contributed by atoms with Gasteiger partial charge in [-0.05, 0) is 40.7 Å². The molecule has 0 aliphatic heterocycles. The van der Waals surface area contributed by atoms with Gasteiger partial charge in [0.1, 0.15) is 10.3 Å². The Labute approximate surface area is 102 Å². The maximum absolute atomic E-state index is 4.56. The first-order chi connectivity index (χ1) is 7.68. The molecule has 0 aliphatic carbocycles. The number of hydrogen-bond donors (Lipinski definition) is 0. The van der Waals surface area contributed by atoms with Crippen molar-refractivity contribution in [3.63, 3.8) is 0 Å². The molecule has 2 heterocycles. The monoisotopic (exact) mass is 274 g/mol. The molecule has 0 fully saturated rings. The molecule has 2 aromatic heterocycles. The molecule has 0 amide bonds. The Morgan fingerprint density at radius 3 is 2.56 bits per heavy atom. The summed E-state index contributed by atoms with van der Waals surface area (Å²) in [5.74, 6) is 0. The van der Waals surface area contributed by atoms with E-state index in [1.165, 1.54) is 16.3 Å². The third kappa shape index (κ3) is 1.21. The van der Waals surface area contributed by atoms with Crippen molar-refractivity contribution in [3.05, 3.63) is 46.3 Å². The first-order valence-corrected chi connectivity index (χ1v) is 6.00. The molecule has 2 nitrogen and oxygen atoms in total. The molecule has 3 aromatic rings.